The first-order valence-electron chi connectivity index (χ1n) is 10.1. The van der Waals surface area contributed by atoms with Crippen molar-refractivity contribution in [2.75, 3.05) is 0 Å². The molecule has 0 aliphatic heterocycles. The number of carbonyl (C=O) groups is 1. The van der Waals surface area contributed by atoms with E-state index in [4.69, 9.17) is 19.7 Å². The summed E-state index contributed by atoms with van der Waals surface area (Å²) >= 11 is 0. The molecule has 1 fully saturated rings. The van der Waals surface area contributed by atoms with Gasteiger partial charge in [-0.1, -0.05) is 72.7 Å². The highest BCUT2D eigenvalue weighted by Crippen LogP contribution is 2.34. The number of esters is 1. The van der Waals surface area contributed by atoms with E-state index >= 15 is 0 Å². The largest absolute Gasteiger partial charge is 0.459 e. The van der Waals surface area contributed by atoms with Gasteiger partial charge >= 0.3 is 5.97 Å². The van der Waals surface area contributed by atoms with Gasteiger partial charge in [-0.2, -0.15) is 0 Å². The zero-order valence-electron chi connectivity index (χ0n) is 17.3. The van der Waals surface area contributed by atoms with Gasteiger partial charge in [-0.05, 0) is 29.0 Å². The Morgan fingerprint density at radius 3 is 2.00 bits per heavy atom. The number of ether oxygens (including phenoxy) is 3. The van der Waals surface area contributed by atoms with Crippen molar-refractivity contribution in [3.05, 3.63) is 82.2 Å². The molecule has 7 heteroatoms. The van der Waals surface area contributed by atoms with Crippen LogP contribution in [0.2, 0.25) is 0 Å². The summed E-state index contributed by atoms with van der Waals surface area (Å²) in [5, 5.41) is 3.98. The fourth-order valence-electron chi connectivity index (χ4n) is 3.86. The van der Waals surface area contributed by atoms with E-state index in [1.165, 1.54) is 6.92 Å². The van der Waals surface area contributed by atoms with Crippen LogP contribution in [0.3, 0.4) is 0 Å². The molecule has 1 saturated carbocycles. The topological polar surface area (TPSA) is 93.5 Å². The van der Waals surface area contributed by atoms with Crippen LogP contribution in [0.5, 0.6) is 0 Å². The lowest BCUT2D eigenvalue weighted by molar-refractivity contribution is -0.194. The molecule has 0 aromatic heterocycles. The summed E-state index contributed by atoms with van der Waals surface area (Å²) in [6.07, 6.45) is -1.04. The molecule has 0 unspecified atom stereocenters. The molecule has 5 atom stereocenters. The summed E-state index contributed by atoms with van der Waals surface area (Å²) in [6, 6.07) is 19.1. The Morgan fingerprint density at radius 2 is 1.50 bits per heavy atom. The summed E-state index contributed by atoms with van der Waals surface area (Å²) in [5.74, 6) is -0.411. The normalized spacial score (nSPS) is 25.9. The minimum Gasteiger partial charge on any atom is -0.459 e. The molecule has 158 valence electrons. The second kappa shape index (κ2) is 10.8. The van der Waals surface area contributed by atoms with Gasteiger partial charge in [-0.25, -0.2) is 0 Å². The highest BCUT2D eigenvalue weighted by atomic mass is 16.6. The Balaban J connectivity index is 1.84. The van der Waals surface area contributed by atoms with Crippen molar-refractivity contribution in [2.45, 2.75) is 57.8 Å². The average Bonchev–Trinajstić information content (AvgIpc) is 2.75. The molecule has 0 radical (unpaired) electrons. The third-order valence-corrected chi connectivity index (χ3v) is 5.27. The molecule has 30 heavy (non-hydrogen) atoms. The second-order valence-corrected chi connectivity index (χ2v) is 7.58. The van der Waals surface area contributed by atoms with Crippen molar-refractivity contribution < 1.29 is 19.0 Å². The molecule has 3 rings (SSSR count). The Labute approximate surface area is 176 Å². The Bertz CT molecular complexity index is 855. The summed E-state index contributed by atoms with van der Waals surface area (Å²) in [5.41, 5.74) is 11.1. The molecule has 0 saturated heterocycles. The lowest BCUT2D eigenvalue weighted by Crippen LogP contribution is -2.55. The van der Waals surface area contributed by atoms with Crippen LogP contribution in [0, 0.1) is 5.92 Å². The summed E-state index contributed by atoms with van der Waals surface area (Å²) in [7, 11) is 0. The van der Waals surface area contributed by atoms with E-state index in [0.717, 1.165) is 11.1 Å². The number of hydrogen-bond donors (Lipinski definition) is 0. The molecule has 1 aliphatic carbocycles. The highest BCUT2D eigenvalue weighted by molar-refractivity contribution is 5.66. The van der Waals surface area contributed by atoms with Crippen LogP contribution >= 0.6 is 0 Å². The van der Waals surface area contributed by atoms with Gasteiger partial charge in [0.05, 0.1) is 25.4 Å². The fourth-order valence-corrected chi connectivity index (χ4v) is 3.86. The lowest BCUT2D eigenvalue weighted by Gasteiger charge is -2.43. The number of hydrogen-bond acceptors (Lipinski definition) is 5. The molecule has 0 bridgehead atoms. The van der Waals surface area contributed by atoms with Crippen LogP contribution in [0.25, 0.3) is 10.4 Å². The van der Waals surface area contributed by atoms with Gasteiger partial charge in [0, 0.05) is 11.8 Å². The van der Waals surface area contributed by atoms with Gasteiger partial charge in [-0.15, -0.1) is 0 Å². The minimum absolute atomic E-state index is 0.0400. The van der Waals surface area contributed by atoms with Crippen LogP contribution in [0.1, 0.15) is 31.4 Å². The van der Waals surface area contributed by atoms with Crippen LogP contribution < -0.4 is 0 Å². The predicted molar refractivity (Wildman–Crippen MR) is 112 cm³/mol. The fraction of sp³-hybridized carbons (Fsp3) is 0.435. The number of carbonyl (C=O) groups excluding carboxylic acids is 1. The van der Waals surface area contributed by atoms with Crippen LogP contribution in [-0.4, -0.2) is 30.3 Å². The summed E-state index contributed by atoms with van der Waals surface area (Å²) in [4.78, 5) is 14.8. The van der Waals surface area contributed by atoms with Gasteiger partial charge < -0.3 is 14.2 Å². The highest BCUT2D eigenvalue weighted by Gasteiger charge is 2.46. The maximum absolute atomic E-state index is 11.8. The van der Waals surface area contributed by atoms with Crippen LogP contribution in [-0.2, 0) is 32.2 Å². The van der Waals surface area contributed by atoms with Gasteiger partial charge in [0.1, 0.15) is 12.2 Å². The quantitative estimate of drug-likeness (QED) is 0.271. The van der Waals surface area contributed by atoms with Gasteiger partial charge in [0.25, 0.3) is 0 Å². The molecule has 2 aromatic rings. The van der Waals surface area contributed by atoms with E-state index in [9.17, 15) is 4.79 Å². The standard InChI is InChI=1S/C23H27N3O4/c1-16-13-20(25-26-24)22(28-14-18-9-5-3-6-10-18)23(21(16)30-17(2)27)29-15-19-11-7-4-8-12-19/h3-12,16,20-23H,13-15H2,1-2H3/t16-,20-,21-,22-,23-/m0/s1. The average molecular weight is 409 g/mol. The van der Waals surface area contributed by atoms with Crippen LogP contribution in [0.4, 0.5) is 0 Å². The molecular formula is C23H27N3O4. The molecule has 2 aromatic carbocycles. The number of nitrogens with zero attached hydrogens (tertiary/aromatic N) is 3. The van der Waals surface area contributed by atoms with Crippen LogP contribution in [0.15, 0.2) is 65.8 Å². The molecule has 0 spiro atoms. The molecule has 0 amide bonds. The SMILES string of the molecule is CC(=O)O[C@@H]1[C@H](OCc2ccccc2)[C@@H](OCc2ccccc2)[C@@H](N=[N+]=[N-])C[C@@H]1C. The van der Waals surface area contributed by atoms with Crippen molar-refractivity contribution in [3.63, 3.8) is 0 Å². The van der Waals surface area contributed by atoms with E-state index in [0.29, 0.717) is 19.6 Å². The minimum atomic E-state index is -0.558. The first kappa shape index (κ1) is 21.8. The molecule has 0 N–H and O–H groups in total. The van der Waals surface area contributed by atoms with Crippen molar-refractivity contribution in [1.82, 2.24) is 0 Å². The van der Waals surface area contributed by atoms with E-state index < -0.39 is 24.4 Å². The Morgan fingerprint density at radius 1 is 0.967 bits per heavy atom. The maximum atomic E-state index is 11.8. The molecule has 7 nitrogen and oxygen atoms in total. The third-order valence-electron chi connectivity index (χ3n) is 5.27. The number of rotatable bonds is 8. The van der Waals surface area contributed by atoms with E-state index in [-0.39, 0.29) is 11.9 Å². The predicted octanol–water partition coefficient (Wildman–Crippen LogP) is 4.81. The van der Waals surface area contributed by atoms with Crippen molar-refractivity contribution in [3.8, 4) is 0 Å². The van der Waals surface area contributed by atoms with Gasteiger partial charge in [0.2, 0.25) is 0 Å². The van der Waals surface area contributed by atoms with E-state index in [2.05, 4.69) is 10.0 Å². The van der Waals surface area contributed by atoms with Gasteiger partial charge in [0.15, 0.2) is 0 Å². The molecule has 0 heterocycles. The summed E-state index contributed by atoms with van der Waals surface area (Å²) in [6.45, 7) is 4.04. The summed E-state index contributed by atoms with van der Waals surface area (Å²) < 4.78 is 18.1. The lowest BCUT2D eigenvalue weighted by atomic mass is 9.80. The Kier molecular flexibility index (Phi) is 7.85. The molecule has 1 aliphatic rings. The smallest absolute Gasteiger partial charge is 0.303 e. The van der Waals surface area contributed by atoms with Gasteiger partial charge in [-0.3, -0.25) is 4.79 Å². The van der Waals surface area contributed by atoms with Crippen molar-refractivity contribution >= 4 is 5.97 Å². The third kappa shape index (κ3) is 5.83. The monoisotopic (exact) mass is 409 g/mol. The number of benzene rings is 2. The zero-order chi connectivity index (χ0) is 21.3. The van der Waals surface area contributed by atoms with Crippen molar-refractivity contribution in [1.29, 1.82) is 0 Å². The second-order valence-electron chi connectivity index (χ2n) is 7.58. The van der Waals surface area contributed by atoms with E-state index in [1.807, 2.05) is 67.6 Å². The molecular weight excluding hydrogens is 382 g/mol. The van der Waals surface area contributed by atoms with Crippen molar-refractivity contribution in [2.24, 2.45) is 11.0 Å². The van der Waals surface area contributed by atoms with E-state index in [1.54, 1.807) is 0 Å². The first-order valence-corrected chi connectivity index (χ1v) is 10.1. The first-order chi connectivity index (χ1) is 14.6. The number of azide groups is 1. The Hall–Kier alpha value is -2.86. The zero-order valence-corrected chi connectivity index (χ0v) is 17.3. The maximum Gasteiger partial charge on any atom is 0.303 e.